The van der Waals surface area contributed by atoms with Crippen LogP contribution in [0, 0.1) is 6.92 Å². The van der Waals surface area contributed by atoms with Crippen LogP contribution in [0.4, 0.5) is 0 Å². The Labute approximate surface area is 209 Å². The lowest BCUT2D eigenvalue weighted by Crippen LogP contribution is -2.36. The van der Waals surface area contributed by atoms with E-state index in [4.69, 9.17) is 13.9 Å². The van der Waals surface area contributed by atoms with Crippen LogP contribution in [0.5, 0.6) is 5.75 Å². The van der Waals surface area contributed by atoms with Crippen LogP contribution in [0.3, 0.4) is 0 Å². The van der Waals surface area contributed by atoms with Crippen molar-refractivity contribution in [3.05, 3.63) is 89.5 Å². The van der Waals surface area contributed by atoms with E-state index >= 15 is 0 Å². The Kier molecular flexibility index (Phi) is 7.75. The Bertz CT molecular complexity index is 1330. The van der Waals surface area contributed by atoms with Crippen LogP contribution >= 0.6 is 0 Å². The second-order valence-electron chi connectivity index (χ2n) is 8.24. The van der Waals surface area contributed by atoms with Crippen LogP contribution in [-0.4, -0.2) is 41.8 Å². The van der Waals surface area contributed by atoms with Gasteiger partial charge in [-0.2, -0.15) is 0 Å². The Morgan fingerprint density at radius 3 is 2.33 bits per heavy atom. The summed E-state index contributed by atoms with van der Waals surface area (Å²) in [4.78, 5) is 24.9. The van der Waals surface area contributed by atoms with E-state index in [0.717, 1.165) is 22.4 Å². The van der Waals surface area contributed by atoms with E-state index in [1.165, 1.54) is 0 Å². The number of hydrogen-bond acceptors (Lipinski definition) is 7. The van der Waals surface area contributed by atoms with E-state index in [-0.39, 0.29) is 5.91 Å². The highest BCUT2D eigenvalue weighted by Gasteiger charge is 2.19. The second kappa shape index (κ2) is 11.3. The third kappa shape index (κ3) is 5.96. The molecule has 8 nitrogen and oxygen atoms in total. The maximum atomic E-state index is 12.5. The summed E-state index contributed by atoms with van der Waals surface area (Å²) in [6.45, 7) is 3.94. The van der Waals surface area contributed by atoms with Crippen LogP contribution in [0.2, 0.25) is 0 Å². The van der Waals surface area contributed by atoms with Gasteiger partial charge in [-0.05, 0) is 73.9 Å². The maximum absolute atomic E-state index is 12.5. The number of ether oxygens (including phenoxy) is 2. The molecule has 1 aromatic heterocycles. The topological polar surface area (TPSA) is 104 Å². The molecule has 0 fully saturated rings. The standard InChI is InChI=1S/C28H27N3O5/c1-18-6-4-5-7-24(18)27-31-30-26(36-27)21-10-12-22(13-11-21)28(33)35-19(2)25(32)29-17-16-20-8-14-23(34-3)15-9-20/h4-15,19H,16-17H2,1-3H3,(H,29,32). The Morgan fingerprint density at radius 1 is 0.944 bits per heavy atom. The summed E-state index contributed by atoms with van der Waals surface area (Å²) in [6.07, 6.45) is -0.278. The smallest absolute Gasteiger partial charge is 0.338 e. The van der Waals surface area contributed by atoms with Crippen LogP contribution in [-0.2, 0) is 16.0 Å². The number of methoxy groups -OCH3 is 1. The molecule has 36 heavy (non-hydrogen) atoms. The molecule has 4 aromatic rings. The normalized spacial score (nSPS) is 11.5. The zero-order chi connectivity index (χ0) is 25.5. The van der Waals surface area contributed by atoms with Crippen LogP contribution < -0.4 is 10.1 Å². The lowest BCUT2D eigenvalue weighted by Gasteiger charge is -2.13. The summed E-state index contributed by atoms with van der Waals surface area (Å²) in [5.74, 6) is 0.602. The van der Waals surface area contributed by atoms with Crippen molar-refractivity contribution in [3.8, 4) is 28.7 Å². The van der Waals surface area contributed by atoms with Crippen molar-refractivity contribution in [3.63, 3.8) is 0 Å². The molecule has 0 radical (unpaired) electrons. The average molecular weight is 486 g/mol. The number of carbonyl (C=O) groups is 2. The number of rotatable bonds is 9. The summed E-state index contributed by atoms with van der Waals surface area (Å²) < 4.78 is 16.3. The van der Waals surface area contributed by atoms with Crippen molar-refractivity contribution in [2.45, 2.75) is 26.4 Å². The number of nitrogens with one attached hydrogen (secondary N) is 1. The molecule has 0 aliphatic heterocycles. The Morgan fingerprint density at radius 2 is 1.64 bits per heavy atom. The summed E-state index contributed by atoms with van der Waals surface area (Å²) >= 11 is 0. The lowest BCUT2D eigenvalue weighted by molar-refractivity contribution is -0.129. The fraction of sp³-hybridized carbons (Fsp3) is 0.214. The first kappa shape index (κ1) is 24.7. The number of carbonyl (C=O) groups excluding carboxylic acids is 2. The SMILES string of the molecule is COc1ccc(CCNC(=O)C(C)OC(=O)c2ccc(-c3nnc(-c4ccccc4C)o3)cc2)cc1. The van der Waals surface area contributed by atoms with E-state index in [9.17, 15) is 9.59 Å². The van der Waals surface area contributed by atoms with E-state index < -0.39 is 12.1 Å². The quantitative estimate of drug-likeness (QED) is 0.345. The van der Waals surface area contributed by atoms with Crippen LogP contribution in [0.1, 0.15) is 28.4 Å². The highest BCUT2D eigenvalue weighted by Crippen LogP contribution is 2.26. The molecule has 3 aromatic carbocycles. The summed E-state index contributed by atoms with van der Waals surface area (Å²) in [5, 5.41) is 11.0. The molecule has 0 aliphatic rings. The molecule has 8 heteroatoms. The van der Waals surface area contributed by atoms with E-state index in [2.05, 4.69) is 15.5 Å². The number of aromatic nitrogens is 2. The van der Waals surface area contributed by atoms with Crippen molar-refractivity contribution in [2.75, 3.05) is 13.7 Å². The van der Waals surface area contributed by atoms with E-state index in [0.29, 0.717) is 35.9 Å². The highest BCUT2D eigenvalue weighted by molar-refractivity contribution is 5.92. The summed E-state index contributed by atoms with van der Waals surface area (Å²) in [5.41, 5.74) is 3.95. The van der Waals surface area contributed by atoms with Crippen molar-refractivity contribution in [1.29, 1.82) is 0 Å². The number of nitrogens with zero attached hydrogens (tertiary/aromatic N) is 2. The zero-order valence-electron chi connectivity index (χ0n) is 20.4. The highest BCUT2D eigenvalue weighted by atomic mass is 16.5. The molecule has 184 valence electrons. The fourth-order valence-corrected chi connectivity index (χ4v) is 3.56. The Hall–Kier alpha value is -4.46. The molecular formula is C28H27N3O5. The van der Waals surface area contributed by atoms with Crippen molar-refractivity contribution >= 4 is 11.9 Å². The molecule has 1 heterocycles. The van der Waals surface area contributed by atoms with Gasteiger partial charge in [0.25, 0.3) is 5.91 Å². The molecule has 1 unspecified atom stereocenters. The van der Waals surface area contributed by atoms with Crippen LogP contribution in [0.25, 0.3) is 22.9 Å². The Balaban J connectivity index is 1.29. The largest absolute Gasteiger partial charge is 0.497 e. The molecule has 0 aliphatic carbocycles. The van der Waals surface area contributed by atoms with Gasteiger partial charge in [-0.25, -0.2) is 4.79 Å². The fourth-order valence-electron chi connectivity index (χ4n) is 3.56. The van der Waals surface area contributed by atoms with Crippen LogP contribution in [0.15, 0.2) is 77.2 Å². The molecule has 4 rings (SSSR count). The predicted octanol–water partition coefficient (Wildman–Crippen LogP) is 4.62. The monoisotopic (exact) mass is 485 g/mol. The van der Waals surface area contributed by atoms with Crippen molar-refractivity contribution in [1.82, 2.24) is 15.5 Å². The first-order valence-corrected chi connectivity index (χ1v) is 11.6. The van der Waals surface area contributed by atoms with Gasteiger partial charge in [-0.1, -0.05) is 30.3 Å². The summed E-state index contributed by atoms with van der Waals surface area (Å²) in [6, 6.07) is 22.0. The molecule has 1 atom stereocenters. The maximum Gasteiger partial charge on any atom is 0.338 e. The minimum absolute atomic E-state index is 0.315. The third-order valence-corrected chi connectivity index (χ3v) is 5.69. The van der Waals surface area contributed by atoms with Crippen molar-refractivity contribution < 1.29 is 23.5 Å². The average Bonchev–Trinajstić information content (AvgIpc) is 3.39. The number of amides is 1. The number of benzene rings is 3. The molecular weight excluding hydrogens is 458 g/mol. The molecule has 1 N–H and O–H groups in total. The number of aryl methyl sites for hydroxylation is 1. The second-order valence-corrected chi connectivity index (χ2v) is 8.24. The van der Waals surface area contributed by atoms with E-state index in [1.807, 2.05) is 55.5 Å². The third-order valence-electron chi connectivity index (χ3n) is 5.69. The summed E-state index contributed by atoms with van der Waals surface area (Å²) in [7, 11) is 1.61. The van der Waals surface area contributed by atoms with E-state index in [1.54, 1.807) is 38.3 Å². The van der Waals surface area contributed by atoms with Gasteiger partial charge in [0.2, 0.25) is 11.8 Å². The molecule has 0 bridgehead atoms. The number of hydrogen-bond donors (Lipinski definition) is 1. The molecule has 0 spiro atoms. The minimum Gasteiger partial charge on any atom is -0.497 e. The van der Waals surface area contributed by atoms with Gasteiger partial charge in [0.15, 0.2) is 6.10 Å². The zero-order valence-corrected chi connectivity index (χ0v) is 20.4. The van der Waals surface area contributed by atoms with Gasteiger partial charge in [0.1, 0.15) is 5.75 Å². The van der Waals surface area contributed by atoms with Crippen molar-refractivity contribution in [2.24, 2.45) is 0 Å². The molecule has 0 saturated heterocycles. The minimum atomic E-state index is -0.930. The first-order valence-electron chi connectivity index (χ1n) is 11.6. The number of esters is 1. The molecule has 1 amide bonds. The lowest BCUT2D eigenvalue weighted by atomic mass is 10.1. The van der Waals surface area contributed by atoms with Gasteiger partial charge in [-0.15, -0.1) is 10.2 Å². The van der Waals surface area contributed by atoms with Gasteiger partial charge >= 0.3 is 5.97 Å². The van der Waals surface area contributed by atoms with Gasteiger partial charge in [0.05, 0.1) is 12.7 Å². The van der Waals surface area contributed by atoms with Gasteiger partial charge in [-0.3, -0.25) is 4.79 Å². The predicted molar refractivity (Wildman–Crippen MR) is 134 cm³/mol. The molecule has 0 saturated carbocycles. The first-order chi connectivity index (χ1) is 17.4. The van der Waals surface area contributed by atoms with Gasteiger partial charge in [0, 0.05) is 17.7 Å². The van der Waals surface area contributed by atoms with Gasteiger partial charge < -0.3 is 19.2 Å².